The molecule has 0 spiro atoms. The lowest BCUT2D eigenvalue weighted by Gasteiger charge is -2.32. The molecule has 1 saturated heterocycles. The van der Waals surface area contributed by atoms with Crippen molar-refractivity contribution in [2.45, 2.75) is 19.9 Å². The van der Waals surface area contributed by atoms with Crippen molar-refractivity contribution in [3.63, 3.8) is 0 Å². The van der Waals surface area contributed by atoms with Gasteiger partial charge in [0.15, 0.2) is 0 Å². The van der Waals surface area contributed by atoms with Gasteiger partial charge >= 0.3 is 0 Å². The summed E-state index contributed by atoms with van der Waals surface area (Å²) in [6.45, 7) is 6.30. The van der Waals surface area contributed by atoms with E-state index in [1.54, 1.807) is 0 Å². The van der Waals surface area contributed by atoms with Crippen molar-refractivity contribution in [1.29, 1.82) is 0 Å². The second-order valence-corrected chi connectivity index (χ2v) is 4.65. The largest absolute Gasteiger partial charge is 0.340 e. The number of hydrogen-bond acceptors (Lipinski definition) is 3. The van der Waals surface area contributed by atoms with E-state index in [2.05, 4.69) is 17.0 Å². The average molecular weight is 236 g/mol. The first-order chi connectivity index (χ1) is 8.15. The molecule has 1 fully saturated rings. The van der Waals surface area contributed by atoms with E-state index < -0.39 is 0 Å². The number of aryl methyl sites for hydroxylation is 2. The zero-order valence-electron chi connectivity index (χ0n) is 10.6. The van der Waals surface area contributed by atoms with Crippen LogP contribution in [0.15, 0.2) is 12.3 Å². The second kappa shape index (κ2) is 5.31. The monoisotopic (exact) mass is 236 g/mol. The molecule has 5 nitrogen and oxygen atoms in total. The molecule has 2 heterocycles. The number of carbonyl (C=O) groups excluding carboxylic acids is 1. The third kappa shape index (κ3) is 3.30. The van der Waals surface area contributed by atoms with Crippen LogP contribution in [-0.4, -0.2) is 58.7 Å². The molecule has 0 unspecified atom stereocenters. The van der Waals surface area contributed by atoms with Gasteiger partial charge in [-0.05, 0) is 20.0 Å². The first-order valence-corrected chi connectivity index (χ1v) is 6.11. The van der Waals surface area contributed by atoms with E-state index in [1.165, 1.54) is 0 Å². The van der Waals surface area contributed by atoms with Crippen LogP contribution in [-0.2, 0) is 11.3 Å². The number of rotatable bonds is 3. The van der Waals surface area contributed by atoms with E-state index in [4.69, 9.17) is 0 Å². The highest BCUT2D eigenvalue weighted by Crippen LogP contribution is 2.03. The Kier molecular flexibility index (Phi) is 3.78. The summed E-state index contributed by atoms with van der Waals surface area (Å²) in [5.74, 6) is 0.242. The molecule has 0 saturated carbocycles. The van der Waals surface area contributed by atoms with Crippen molar-refractivity contribution in [2.75, 3.05) is 33.2 Å². The number of nitrogens with zero attached hydrogens (tertiary/aromatic N) is 4. The normalized spacial score (nSPS) is 17.4. The average Bonchev–Trinajstić information content (AvgIpc) is 2.73. The molecule has 1 aromatic heterocycles. The molecule has 0 atom stereocenters. The van der Waals surface area contributed by atoms with Crippen LogP contribution in [0.3, 0.4) is 0 Å². The minimum atomic E-state index is 0.242. The number of aromatic nitrogens is 2. The Morgan fingerprint density at radius 1 is 1.35 bits per heavy atom. The number of likely N-dealkylation sites (N-methyl/N-ethyl adjacent to an activating group) is 1. The Labute approximate surface area is 102 Å². The van der Waals surface area contributed by atoms with Crippen LogP contribution in [0.2, 0.25) is 0 Å². The number of amides is 1. The minimum Gasteiger partial charge on any atom is -0.340 e. The topological polar surface area (TPSA) is 41.4 Å². The maximum atomic E-state index is 12.0. The van der Waals surface area contributed by atoms with E-state index in [0.717, 1.165) is 31.9 Å². The lowest BCUT2D eigenvalue weighted by molar-refractivity contribution is -0.133. The van der Waals surface area contributed by atoms with E-state index in [9.17, 15) is 4.79 Å². The molecule has 1 amide bonds. The van der Waals surface area contributed by atoms with E-state index >= 15 is 0 Å². The van der Waals surface area contributed by atoms with Gasteiger partial charge in [-0.25, -0.2) is 0 Å². The molecule has 17 heavy (non-hydrogen) atoms. The van der Waals surface area contributed by atoms with Crippen molar-refractivity contribution in [3.8, 4) is 0 Å². The molecule has 0 aliphatic carbocycles. The van der Waals surface area contributed by atoms with Crippen molar-refractivity contribution < 1.29 is 4.79 Å². The molecule has 5 heteroatoms. The Balaban J connectivity index is 1.77. The summed E-state index contributed by atoms with van der Waals surface area (Å²) in [7, 11) is 2.09. The molecule has 0 N–H and O–H groups in total. The van der Waals surface area contributed by atoms with E-state index in [-0.39, 0.29) is 5.91 Å². The van der Waals surface area contributed by atoms with Gasteiger partial charge in [0.1, 0.15) is 0 Å². The SMILES string of the molecule is Cc1ccn(CCC(=O)N2CCN(C)CC2)n1. The predicted molar refractivity (Wildman–Crippen MR) is 65.7 cm³/mol. The quantitative estimate of drug-likeness (QED) is 0.760. The van der Waals surface area contributed by atoms with Gasteiger partial charge in [-0.2, -0.15) is 5.10 Å². The number of hydrogen-bond donors (Lipinski definition) is 0. The third-order valence-electron chi connectivity index (χ3n) is 3.18. The Morgan fingerprint density at radius 2 is 2.06 bits per heavy atom. The summed E-state index contributed by atoms with van der Waals surface area (Å²) in [4.78, 5) is 16.2. The van der Waals surface area contributed by atoms with Gasteiger partial charge in [0, 0.05) is 45.3 Å². The smallest absolute Gasteiger partial charge is 0.224 e. The van der Waals surface area contributed by atoms with Crippen molar-refractivity contribution in [3.05, 3.63) is 18.0 Å². The van der Waals surface area contributed by atoms with Crippen molar-refractivity contribution in [2.24, 2.45) is 0 Å². The molecule has 0 radical (unpaired) electrons. The van der Waals surface area contributed by atoms with Gasteiger partial charge in [0.25, 0.3) is 0 Å². The fourth-order valence-corrected chi connectivity index (χ4v) is 2.01. The lowest BCUT2D eigenvalue weighted by atomic mass is 10.3. The van der Waals surface area contributed by atoms with E-state index in [1.807, 2.05) is 28.8 Å². The van der Waals surface area contributed by atoms with Crippen LogP contribution in [0, 0.1) is 6.92 Å². The first kappa shape index (κ1) is 12.1. The van der Waals surface area contributed by atoms with Gasteiger partial charge in [-0.3, -0.25) is 9.48 Å². The van der Waals surface area contributed by atoms with Crippen molar-refractivity contribution >= 4 is 5.91 Å². The molecule has 1 aromatic rings. The Bertz CT molecular complexity index is 380. The van der Waals surface area contributed by atoms with E-state index in [0.29, 0.717) is 13.0 Å². The molecular weight excluding hydrogens is 216 g/mol. The Hall–Kier alpha value is -1.36. The molecule has 1 aliphatic heterocycles. The van der Waals surface area contributed by atoms with Crippen molar-refractivity contribution in [1.82, 2.24) is 19.6 Å². The molecular formula is C12H20N4O. The fraction of sp³-hybridized carbons (Fsp3) is 0.667. The van der Waals surface area contributed by atoms with Crippen LogP contribution in [0.25, 0.3) is 0 Å². The molecule has 2 rings (SSSR count). The summed E-state index contributed by atoms with van der Waals surface area (Å²) in [5.41, 5.74) is 0.997. The van der Waals surface area contributed by atoms with Crippen LogP contribution >= 0.6 is 0 Å². The molecule has 1 aliphatic rings. The summed E-state index contributed by atoms with van der Waals surface area (Å²) >= 11 is 0. The minimum absolute atomic E-state index is 0.242. The highest BCUT2D eigenvalue weighted by molar-refractivity contribution is 5.76. The van der Waals surface area contributed by atoms with Gasteiger partial charge in [0.05, 0.1) is 5.69 Å². The maximum absolute atomic E-state index is 12.0. The zero-order chi connectivity index (χ0) is 12.3. The van der Waals surface area contributed by atoms with Crippen LogP contribution in [0.5, 0.6) is 0 Å². The maximum Gasteiger partial charge on any atom is 0.224 e. The predicted octanol–water partition coefficient (Wildman–Crippen LogP) is 0.356. The summed E-state index contributed by atoms with van der Waals surface area (Å²) in [6, 6.07) is 1.96. The van der Waals surface area contributed by atoms with Crippen LogP contribution in [0.1, 0.15) is 12.1 Å². The summed E-state index contributed by atoms with van der Waals surface area (Å²) in [6.07, 6.45) is 2.47. The van der Waals surface area contributed by atoms with Crippen LogP contribution in [0.4, 0.5) is 0 Å². The third-order valence-corrected chi connectivity index (χ3v) is 3.18. The summed E-state index contributed by atoms with van der Waals surface area (Å²) < 4.78 is 1.84. The van der Waals surface area contributed by atoms with Gasteiger partial charge in [-0.15, -0.1) is 0 Å². The number of carbonyl (C=O) groups is 1. The van der Waals surface area contributed by atoms with Crippen LogP contribution < -0.4 is 0 Å². The molecule has 94 valence electrons. The van der Waals surface area contributed by atoms with Gasteiger partial charge < -0.3 is 9.80 Å². The zero-order valence-corrected chi connectivity index (χ0v) is 10.6. The lowest BCUT2D eigenvalue weighted by Crippen LogP contribution is -2.47. The standard InChI is InChI=1S/C12H20N4O/c1-11-3-5-16(13-11)6-4-12(17)15-9-7-14(2)8-10-15/h3,5H,4,6-10H2,1-2H3. The highest BCUT2D eigenvalue weighted by atomic mass is 16.2. The first-order valence-electron chi connectivity index (χ1n) is 6.11. The highest BCUT2D eigenvalue weighted by Gasteiger charge is 2.18. The van der Waals surface area contributed by atoms with Gasteiger partial charge in [0.2, 0.25) is 5.91 Å². The number of piperazine rings is 1. The second-order valence-electron chi connectivity index (χ2n) is 4.65. The summed E-state index contributed by atoms with van der Waals surface area (Å²) in [5, 5.41) is 4.28. The molecule has 0 bridgehead atoms. The Morgan fingerprint density at radius 3 is 2.65 bits per heavy atom. The fourth-order valence-electron chi connectivity index (χ4n) is 2.01. The van der Waals surface area contributed by atoms with Gasteiger partial charge in [-0.1, -0.05) is 0 Å². The molecule has 0 aromatic carbocycles.